The number of carbonyl (C=O) groups excluding carboxylic acids is 1. The van der Waals surface area contributed by atoms with Gasteiger partial charge in [0.05, 0.1) is 5.69 Å². The van der Waals surface area contributed by atoms with Crippen LogP contribution in [0.15, 0.2) is 18.2 Å². The van der Waals surface area contributed by atoms with Gasteiger partial charge in [0.2, 0.25) is 0 Å². The number of nitrogens with zero attached hydrogens (tertiary/aromatic N) is 1. The van der Waals surface area contributed by atoms with Gasteiger partial charge in [-0.25, -0.2) is 4.79 Å². The van der Waals surface area contributed by atoms with Gasteiger partial charge in [0.25, 0.3) is 0 Å². The fraction of sp³-hybridized carbons (Fsp3) is 0.611. The number of amides is 1. The van der Waals surface area contributed by atoms with Gasteiger partial charge in [-0.1, -0.05) is 6.92 Å². The van der Waals surface area contributed by atoms with Crippen molar-refractivity contribution in [1.82, 2.24) is 0 Å². The summed E-state index contributed by atoms with van der Waals surface area (Å²) >= 11 is 2.03. The Bertz CT molecular complexity index is 597. The number of ether oxygens (including phenoxy) is 1. The van der Waals surface area contributed by atoms with Gasteiger partial charge in [0.1, 0.15) is 5.60 Å². The second kappa shape index (κ2) is 6.27. The second-order valence-electron chi connectivity index (χ2n) is 7.45. The van der Waals surface area contributed by atoms with Crippen LogP contribution in [0.2, 0.25) is 0 Å². The Hall–Kier alpha value is -1.36. The average Bonchev–Trinajstić information content (AvgIpc) is 3.03. The van der Waals surface area contributed by atoms with Crippen LogP contribution in [0.4, 0.5) is 16.2 Å². The molecule has 23 heavy (non-hydrogen) atoms. The molecule has 1 amide bonds. The summed E-state index contributed by atoms with van der Waals surface area (Å²) in [7, 11) is 0. The Morgan fingerprint density at radius 1 is 1.39 bits per heavy atom. The molecule has 0 aromatic heterocycles. The number of hydrogen-bond acceptors (Lipinski definition) is 4. The van der Waals surface area contributed by atoms with Crippen molar-refractivity contribution < 1.29 is 9.53 Å². The molecule has 2 heterocycles. The molecule has 2 aliphatic heterocycles. The minimum Gasteiger partial charge on any atom is -0.443 e. The summed E-state index contributed by atoms with van der Waals surface area (Å²) in [4.78, 5) is 14.1. The highest BCUT2D eigenvalue weighted by Gasteiger charge is 2.29. The zero-order valence-electron chi connectivity index (χ0n) is 14.4. The van der Waals surface area contributed by atoms with Crippen molar-refractivity contribution in [2.45, 2.75) is 57.4 Å². The van der Waals surface area contributed by atoms with Gasteiger partial charge < -0.3 is 10.1 Å². The fourth-order valence-electron chi connectivity index (χ4n) is 3.15. The molecule has 2 aliphatic rings. The van der Waals surface area contributed by atoms with Crippen molar-refractivity contribution in [3.05, 3.63) is 23.8 Å². The number of fused-ring (bicyclic) bond motifs is 1. The van der Waals surface area contributed by atoms with Crippen LogP contribution in [-0.2, 0) is 11.2 Å². The van der Waals surface area contributed by atoms with Crippen LogP contribution >= 0.6 is 11.8 Å². The Kier molecular flexibility index (Phi) is 4.50. The summed E-state index contributed by atoms with van der Waals surface area (Å²) in [6.45, 7) is 8.68. The van der Waals surface area contributed by atoms with Crippen LogP contribution in [0.1, 0.15) is 39.7 Å². The summed E-state index contributed by atoms with van der Waals surface area (Å²) in [5.41, 5.74) is 2.91. The number of rotatable bonds is 2. The highest BCUT2D eigenvalue weighted by atomic mass is 32.2. The van der Waals surface area contributed by atoms with Gasteiger partial charge in [-0.3, -0.25) is 4.90 Å². The number of benzene rings is 1. The van der Waals surface area contributed by atoms with Crippen molar-refractivity contribution in [2.75, 3.05) is 22.5 Å². The molecule has 0 bridgehead atoms. The number of carbonyl (C=O) groups is 1. The number of hydrogen-bond donors (Lipinski definition) is 1. The topological polar surface area (TPSA) is 41.6 Å². The molecule has 2 unspecified atom stereocenters. The SMILES string of the molecule is CC1CC(Nc2ccc3c(c2)CCN3C(=O)OC(C)(C)C)CS1. The Balaban J connectivity index is 1.69. The Morgan fingerprint density at radius 2 is 2.17 bits per heavy atom. The predicted octanol–water partition coefficient (Wildman–Crippen LogP) is 4.29. The van der Waals surface area contributed by atoms with Gasteiger partial charge >= 0.3 is 6.09 Å². The molecule has 0 saturated carbocycles. The lowest BCUT2D eigenvalue weighted by Crippen LogP contribution is -2.35. The van der Waals surface area contributed by atoms with E-state index in [4.69, 9.17) is 4.74 Å². The molecule has 1 N–H and O–H groups in total. The standard InChI is InChI=1S/C18H26N2O2S/c1-12-9-15(11-23-12)19-14-5-6-16-13(10-14)7-8-20(16)17(21)22-18(2,3)4/h5-6,10,12,15,19H,7-9,11H2,1-4H3. The van der Waals surface area contributed by atoms with Crippen LogP contribution in [0.3, 0.4) is 0 Å². The van der Waals surface area contributed by atoms with Crippen molar-refractivity contribution in [2.24, 2.45) is 0 Å². The maximum Gasteiger partial charge on any atom is 0.414 e. The summed E-state index contributed by atoms with van der Waals surface area (Å²) in [6.07, 6.45) is 1.85. The Morgan fingerprint density at radius 3 is 2.83 bits per heavy atom. The first-order valence-corrected chi connectivity index (χ1v) is 9.38. The molecule has 2 atom stereocenters. The lowest BCUT2D eigenvalue weighted by Gasteiger charge is -2.25. The van der Waals surface area contributed by atoms with E-state index in [-0.39, 0.29) is 6.09 Å². The molecule has 4 nitrogen and oxygen atoms in total. The van der Waals surface area contributed by atoms with Gasteiger partial charge in [-0.2, -0.15) is 11.8 Å². The predicted molar refractivity (Wildman–Crippen MR) is 97.7 cm³/mol. The van der Waals surface area contributed by atoms with Crippen LogP contribution in [-0.4, -0.2) is 35.3 Å². The molecule has 1 aromatic carbocycles. The maximum absolute atomic E-state index is 12.3. The van der Waals surface area contributed by atoms with E-state index in [1.165, 1.54) is 17.7 Å². The molecule has 126 valence electrons. The van der Waals surface area contributed by atoms with Crippen LogP contribution in [0.25, 0.3) is 0 Å². The van der Waals surface area contributed by atoms with Gasteiger partial charge in [0.15, 0.2) is 0 Å². The largest absolute Gasteiger partial charge is 0.443 e. The van der Waals surface area contributed by atoms with E-state index in [1.54, 1.807) is 4.90 Å². The molecule has 0 aliphatic carbocycles. The van der Waals surface area contributed by atoms with Crippen molar-refractivity contribution in [1.29, 1.82) is 0 Å². The number of anilines is 2. The van der Waals surface area contributed by atoms with E-state index in [9.17, 15) is 4.79 Å². The fourth-order valence-corrected chi connectivity index (χ4v) is 4.30. The molecule has 5 heteroatoms. The van der Waals surface area contributed by atoms with Crippen LogP contribution < -0.4 is 10.2 Å². The molecule has 1 saturated heterocycles. The van der Waals surface area contributed by atoms with Crippen LogP contribution in [0.5, 0.6) is 0 Å². The highest BCUT2D eigenvalue weighted by Crippen LogP contribution is 2.33. The molecular weight excluding hydrogens is 308 g/mol. The molecule has 0 spiro atoms. The summed E-state index contributed by atoms with van der Waals surface area (Å²) in [6, 6.07) is 6.86. The molecule has 3 rings (SSSR count). The van der Waals surface area contributed by atoms with E-state index in [2.05, 4.69) is 24.4 Å². The monoisotopic (exact) mass is 334 g/mol. The second-order valence-corrected chi connectivity index (χ2v) is 8.92. The van der Waals surface area contributed by atoms with Gasteiger partial charge in [0, 0.05) is 29.3 Å². The molecule has 1 fully saturated rings. The summed E-state index contributed by atoms with van der Waals surface area (Å²) < 4.78 is 5.50. The zero-order chi connectivity index (χ0) is 16.6. The Labute approximate surface area is 143 Å². The van der Waals surface area contributed by atoms with Crippen LogP contribution in [0, 0.1) is 0 Å². The van der Waals surface area contributed by atoms with E-state index in [1.807, 2.05) is 38.6 Å². The minimum atomic E-state index is -0.460. The average molecular weight is 334 g/mol. The quantitative estimate of drug-likeness (QED) is 0.876. The third-order valence-corrected chi connectivity index (χ3v) is 5.51. The normalized spacial score (nSPS) is 23.7. The summed E-state index contributed by atoms with van der Waals surface area (Å²) in [5.74, 6) is 1.17. The third-order valence-electron chi connectivity index (χ3n) is 4.16. The highest BCUT2D eigenvalue weighted by molar-refractivity contribution is 8.00. The maximum atomic E-state index is 12.3. The number of nitrogens with one attached hydrogen (secondary N) is 1. The van der Waals surface area contributed by atoms with Crippen molar-refractivity contribution >= 4 is 29.2 Å². The van der Waals surface area contributed by atoms with Gasteiger partial charge in [-0.15, -0.1) is 0 Å². The summed E-state index contributed by atoms with van der Waals surface area (Å²) in [5, 5.41) is 4.37. The lowest BCUT2D eigenvalue weighted by atomic mass is 10.1. The third kappa shape index (κ3) is 3.94. The first-order valence-electron chi connectivity index (χ1n) is 8.33. The molecule has 0 radical (unpaired) electrons. The first-order chi connectivity index (χ1) is 10.8. The van der Waals surface area contributed by atoms with E-state index in [0.717, 1.165) is 23.0 Å². The van der Waals surface area contributed by atoms with E-state index in [0.29, 0.717) is 12.6 Å². The number of thioether (sulfide) groups is 1. The van der Waals surface area contributed by atoms with E-state index < -0.39 is 5.60 Å². The molecule has 1 aromatic rings. The molecular formula is C18H26N2O2S. The van der Waals surface area contributed by atoms with Crippen molar-refractivity contribution in [3.63, 3.8) is 0 Å². The lowest BCUT2D eigenvalue weighted by molar-refractivity contribution is 0.0584. The van der Waals surface area contributed by atoms with Gasteiger partial charge in [-0.05, 0) is 57.4 Å². The van der Waals surface area contributed by atoms with E-state index >= 15 is 0 Å². The minimum absolute atomic E-state index is 0.252. The van der Waals surface area contributed by atoms with Crippen molar-refractivity contribution in [3.8, 4) is 0 Å². The smallest absolute Gasteiger partial charge is 0.414 e. The zero-order valence-corrected chi connectivity index (χ0v) is 15.2. The first kappa shape index (κ1) is 16.5.